The number of carbonyl (C=O) groups excluding carboxylic acids is 1. The molecule has 158 valence electrons. The van der Waals surface area contributed by atoms with Crippen molar-refractivity contribution in [3.05, 3.63) is 54.6 Å². The van der Waals surface area contributed by atoms with E-state index in [2.05, 4.69) is 16.6 Å². The highest BCUT2D eigenvalue weighted by atomic mass is 16.5. The number of hydrogen-bond donors (Lipinski definition) is 0. The van der Waals surface area contributed by atoms with Crippen molar-refractivity contribution in [2.75, 3.05) is 32.7 Å². The highest BCUT2D eigenvalue weighted by Gasteiger charge is 2.31. The van der Waals surface area contributed by atoms with E-state index >= 15 is 0 Å². The molecule has 0 aliphatic carbocycles. The third kappa shape index (κ3) is 5.19. The summed E-state index contributed by atoms with van der Waals surface area (Å²) in [5, 5.41) is 0. The van der Waals surface area contributed by atoms with Gasteiger partial charge in [0, 0.05) is 25.7 Å². The minimum atomic E-state index is 0.0778. The Morgan fingerprint density at radius 1 is 1.03 bits per heavy atom. The van der Waals surface area contributed by atoms with E-state index in [4.69, 9.17) is 9.47 Å². The third-order valence-electron chi connectivity index (χ3n) is 5.71. The molecule has 2 aliphatic rings. The lowest BCUT2D eigenvalue weighted by Gasteiger charge is -2.26. The van der Waals surface area contributed by atoms with E-state index in [-0.39, 0.29) is 18.1 Å². The van der Waals surface area contributed by atoms with Crippen molar-refractivity contribution < 1.29 is 14.3 Å². The Labute approximate surface area is 178 Å². The summed E-state index contributed by atoms with van der Waals surface area (Å²) in [6.45, 7) is 7.13. The van der Waals surface area contributed by atoms with Crippen LogP contribution in [0.5, 0.6) is 17.2 Å². The number of aliphatic imine (C=N–C) groups is 1. The van der Waals surface area contributed by atoms with Crippen molar-refractivity contribution in [3.8, 4) is 17.2 Å². The number of nitrogens with zero attached hydrogens (tertiary/aromatic N) is 3. The second-order valence-electron chi connectivity index (χ2n) is 7.94. The van der Waals surface area contributed by atoms with Gasteiger partial charge >= 0.3 is 0 Å². The first-order valence-electron chi connectivity index (χ1n) is 10.6. The fourth-order valence-corrected chi connectivity index (χ4v) is 4.25. The monoisotopic (exact) mass is 407 g/mol. The number of amides is 1. The maximum atomic E-state index is 12.7. The molecule has 0 radical (unpaired) electrons. The van der Waals surface area contributed by atoms with Gasteiger partial charge in [0.25, 0.3) is 0 Å². The Balaban J connectivity index is 1.28. The number of carbonyl (C=O) groups is 1. The Morgan fingerprint density at radius 2 is 1.83 bits per heavy atom. The highest BCUT2D eigenvalue weighted by molar-refractivity contribution is 5.79. The summed E-state index contributed by atoms with van der Waals surface area (Å²) in [4.78, 5) is 20.9. The molecule has 6 nitrogen and oxygen atoms in total. The Kier molecular flexibility index (Phi) is 6.64. The lowest BCUT2D eigenvalue weighted by Crippen LogP contribution is -2.43. The maximum absolute atomic E-state index is 12.7. The van der Waals surface area contributed by atoms with Crippen LogP contribution in [0.4, 0.5) is 0 Å². The van der Waals surface area contributed by atoms with Crippen molar-refractivity contribution in [1.82, 2.24) is 9.80 Å². The Hall–Kier alpha value is -2.86. The quantitative estimate of drug-likeness (QED) is 0.627. The topological polar surface area (TPSA) is 54.4 Å². The molecule has 0 bridgehead atoms. The smallest absolute Gasteiger partial charge is 0.237 e. The number of ether oxygens (including phenoxy) is 2. The average Bonchev–Trinajstić information content (AvgIpc) is 3.39. The zero-order valence-corrected chi connectivity index (χ0v) is 17.3. The summed E-state index contributed by atoms with van der Waals surface area (Å²) < 4.78 is 12.1. The fourth-order valence-electron chi connectivity index (χ4n) is 4.25. The molecule has 0 aromatic heterocycles. The van der Waals surface area contributed by atoms with Crippen molar-refractivity contribution in [2.45, 2.75) is 31.4 Å². The fraction of sp³-hybridized carbons (Fsp3) is 0.417. The Bertz CT molecular complexity index is 858. The van der Waals surface area contributed by atoms with Crippen LogP contribution in [0.2, 0.25) is 0 Å². The molecule has 0 spiro atoms. The van der Waals surface area contributed by atoms with Crippen LogP contribution in [0.1, 0.15) is 19.3 Å². The minimum absolute atomic E-state index is 0.0778. The lowest BCUT2D eigenvalue weighted by atomic mass is 10.2. The van der Waals surface area contributed by atoms with E-state index < -0.39 is 0 Å². The molecule has 2 heterocycles. The van der Waals surface area contributed by atoms with Crippen molar-refractivity contribution >= 4 is 12.6 Å². The number of benzene rings is 2. The number of hydrogen-bond acceptors (Lipinski definition) is 5. The largest absolute Gasteiger partial charge is 0.489 e. The Morgan fingerprint density at radius 3 is 2.67 bits per heavy atom. The maximum Gasteiger partial charge on any atom is 0.237 e. The SMILES string of the molecule is C=NC[C@@H]1CCCN1C(=O)CN1CC[C@H](Oc2cccc(Oc3ccccc3)c2)C1. The molecule has 30 heavy (non-hydrogen) atoms. The summed E-state index contributed by atoms with van der Waals surface area (Å²) in [6, 6.07) is 17.6. The predicted molar refractivity (Wildman–Crippen MR) is 118 cm³/mol. The van der Waals surface area contributed by atoms with E-state index in [1.54, 1.807) is 0 Å². The molecule has 4 rings (SSSR count). The van der Waals surface area contributed by atoms with E-state index in [9.17, 15) is 4.79 Å². The normalized spacial score (nSPS) is 21.5. The van der Waals surface area contributed by atoms with Crippen molar-refractivity contribution in [2.24, 2.45) is 4.99 Å². The predicted octanol–water partition coefficient (Wildman–Crippen LogP) is 3.62. The van der Waals surface area contributed by atoms with Gasteiger partial charge in [-0.15, -0.1) is 0 Å². The second-order valence-corrected chi connectivity index (χ2v) is 7.94. The molecular formula is C24H29N3O3. The summed E-state index contributed by atoms with van der Waals surface area (Å²) in [5.41, 5.74) is 0. The van der Waals surface area contributed by atoms with Gasteiger partial charge in [-0.3, -0.25) is 14.7 Å². The van der Waals surface area contributed by atoms with E-state index in [1.165, 1.54) is 0 Å². The standard InChI is InChI=1S/C24H29N3O3/c1-25-16-19-7-6-13-27(19)24(28)18-26-14-12-23(17-26)30-22-11-5-10-21(15-22)29-20-8-3-2-4-9-20/h2-5,8-11,15,19,23H,1,6-7,12-14,16-18H2/t19-,23-/m0/s1. The third-order valence-corrected chi connectivity index (χ3v) is 5.71. The number of likely N-dealkylation sites (tertiary alicyclic amines) is 2. The average molecular weight is 408 g/mol. The molecular weight excluding hydrogens is 378 g/mol. The van der Waals surface area contributed by atoms with Crippen molar-refractivity contribution in [1.29, 1.82) is 0 Å². The molecule has 2 aromatic carbocycles. The summed E-state index contributed by atoms with van der Waals surface area (Å²) >= 11 is 0. The first kappa shape index (κ1) is 20.4. The molecule has 2 atom stereocenters. The number of rotatable bonds is 8. The zero-order valence-electron chi connectivity index (χ0n) is 17.3. The van der Waals surface area contributed by atoms with Crippen LogP contribution in [0.3, 0.4) is 0 Å². The first-order chi connectivity index (χ1) is 14.7. The molecule has 6 heteroatoms. The molecule has 0 unspecified atom stereocenters. The summed E-state index contributed by atoms with van der Waals surface area (Å²) in [5.74, 6) is 2.53. The second kappa shape index (κ2) is 9.76. The van der Waals surface area contributed by atoms with Crippen LogP contribution in [-0.4, -0.2) is 67.3 Å². The van der Waals surface area contributed by atoms with Gasteiger partial charge in [0.1, 0.15) is 23.4 Å². The summed E-state index contributed by atoms with van der Waals surface area (Å²) in [6.07, 6.45) is 3.07. The highest BCUT2D eigenvalue weighted by Crippen LogP contribution is 2.27. The molecule has 2 aromatic rings. The molecule has 2 saturated heterocycles. The van der Waals surface area contributed by atoms with Crippen LogP contribution in [-0.2, 0) is 4.79 Å². The van der Waals surface area contributed by atoms with Gasteiger partial charge in [-0.25, -0.2) is 0 Å². The number of para-hydroxylation sites is 1. The van der Waals surface area contributed by atoms with Gasteiger partial charge in [0.05, 0.1) is 19.1 Å². The first-order valence-corrected chi connectivity index (χ1v) is 10.6. The molecule has 1 amide bonds. The van der Waals surface area contributed by atoms with Gasteiger partial charge in [0.15, 0.2) is 0 Å². The molecule has 0 saturated carbocycles. The van der Waals surface area contributed by atoms with Gasteiger partial charge in [-0.05, 0) is 50.2 Å². The van der Waals surface area contributed by atoms with Crippen LogP contribution in [0.15, 0.2) is 59.6 Å². The van der Waals surface area contributed by atoms with Crippen molar-refractivity contribution in [3.63, 3.8) is 0 Å². The van der Waals surface area contributed by atoms with Gasteiger partial charge in [0.2, 0.25) is 5.91 Å². The molecule has 2 aliphatic heterocycles. The van der Waals surface area contributed by atoms with Crippen LogP contribution < -0.4 is 9.47 Å². The molecule has 2 fully saturated rings. The molecule has 0 N–H and O–H groups in total. The minimum Gasteiger partial charge on any atom is -0.489 e. The zero-order chi connectivity index (χ0) is 20.8. The lowest BCUT2D eigenvalue weighted by molar-refractivity contribution is -0.132. The van der Waals surface area contributed by atoms with Gasteiger partial charge < -0.3 is 14.4 Å². The van der Waals surface area contributed by atoms with Crippen LogP contribution >= 0.6 is 0 Å². The van der Waals surface area contributed by atoms with E-state index in [0.717, 1.165) is 56.1 Å². The van der Waals surface area contributed by atoms with E-state index in [1.807, 2.05) is 59.5 Å². The van der Waals surface area contributed by atoms with Crippen LogP contribution in [0.25, 0.3) is 0 Å². The van der Waals surface area contributed by atoms with Crippen LogP contribution in [0, 0.1) is 0 Å². The van der Waals surface area contributed by atoms with Gasteiger partial charge in [-0.1, -0.05) is 24.3 Å². The van der Waals surface area contributed by atoms with Gasteiger partial charge in [-0.2, -0.15) is 0 Å². The van der Waals surface area contributed by atoms with E-state index in [0.29, 0.717) is 13.1 Å². The summed E-state index contributed by atoms with van der Waals surface area (Å²) in [7, 11) is 0.